The number of benzene rings is 1. The van der Waals surface area contributed by atoms with Crippen molar-refractivity contribution in [3.05, 3.63) is 35.4 Å². The van der Waals surface area contributed by atoms with Crippen LogP contribution in [0.4, 0.5) is 0 Å². The van der Waals surface area contributed by atoms with Crippen LogP contribution in [0.1, 0.15) is 17.5 Å². The zero-order valence-electron chi connectivity index (χ0n) is 8.56. The lowest BCUT2D eigenvalue weighted by Gasteiger charge is -2.14. The van der Waals surface area contributed by atoms with Gasteiger partial charge in [-0.3, -0.25) is 4.90 Å². The van der Waals surface area contributed by atoms with E-state index in [0.717, 1.165) is 26.1 Å². The summed E-state index contributed by atoms with van der Waals surface area (Å²) in [6, 6.07) is 9.72. The molecule has 1 fully saturated rings. The highest BCUT2D eigenvalue weighted by Gasteiger charge is 2.19. The predicted octanol–water partition coefficient (Wildman–Crippen LogP) is 1.12. The normalized spacial score (nSPS) is 21.5. The van der Waals surface area contributed by atoms with Gasteiger partial charge in [0.25, 0.3) is 0 Å². The Bertz CT molecular complexity index is 366. The fraction of sp³-hybridized carbons (Fsp3) is 0.417. The van der Waals surface area contributed by atoms with Crippen molar-refractivity contribution in [1.82, 2.24) is 4.90 Å². The van der Waals surface area contributed by atoms with E-state index in [4.69, 9.17) is 5.26 Å². The van der Waals surface area contributed by atoms with Gasteiger partial charge in [-0.2, -0.15) is 5.26 Å². The summed E-state index contributed by atoms with van der Waals surface area (Å²) in [6.45, 7) is 2.59. The number of likely N-dealkylation sites (tertiary alicyclic amines) is 1. The highest BCUT2D eigenvalue weighted by molar-refractivity contribution is 5.31. The third-order valence-electron chi connectivity index (χ3n) is 2.74. The first-order valence-corrected chi connectivity index (χ1v) is 5.17. The highest BCUT2D eigenvalue weighted by atomic mass is 16.3. The van der Waals surface area contributed by atoms with Crippen LogP contribution in [-0.2, 0) is 6.54 Å². The lowest BCUT2D eigenvalue weighted by atomic mass is 10.1. The first kappa shape index (κ1) is 10.2. The van der Waals surface area contributed by atoms with Crippen LogP contribution in [0, 0.1) is 11.3 Å². The van der Waals surface area contributed by atoms with Gasteiger partial charge in [-0.1, -0.05) is 12.1 Å². The Labute approximate surface area is 89.6 Å². The van der Waals surface area contributed by atoms with Gasteiger partial charge in [0, 0.05) is 19.6 Å². The second kappa shape index (κ2) is 4.43. The molecule has 1 heterocycles. The van der Waals surface area contributed by atoms with Gasteiger partial charge in [0.05, 0.1) is 17.7 Å². The van der Waals surface area contributed by atoms with Crippen molar-refractivity contribution >= 4 is 0 Å². The Morgan fingerprint density at radius 1 is 1.40 bits per heavy atom. The predicted molar refractivity (Wildman–Crippen MR) is 57.1 cm³/mol. The fourth-order valence-corrected chi connectivity index (χ4v) is 1.90. The van der Waals surface area contributed by atoms with E-state index >= 15 is 0 Å². The Balaban J connectivity index is 1.96. The molecule has 0 amide bonds. The zero-order valence-corrected chi connectivity index (χ0v) is 8.56. The van der Waals surface area contributed by atoms with Crippen LogP contribution < -0.4 is 0 Å². The van der Waals surface area contributed by atoms with Gasteiger partial charge in [-0.05, 0) is 24.1 Å². The van der Waals surface area contributed by atoms with Gasteiger partial charge < -0.3 is 5.11 Å². The van der Waals surface area contributed by atoms with E-state index in [0.29, 0.717) is 5.56 Å². The Morgan fingerprint density at radius 2 is 2.13 bits per heavy atom. The Kier molecular flexibility index (Phi) is 3.00. The van der Waals surface area contributed by atoms with E-state index in [2.05, 4.69) is 11.0 Å². The van der Waals surface area contributed by atoms with Crippen molar-refractivity contribution in [2.24, 2.45) is 0 Å². The lowest BCUT2D eigenvalue weighted by Crippen LogP contribution is -2.21. The molecule has 78 valence electrons. The highest BCUT2D eigenvalue weighted by Crippen LogP contribution is 2.13. The molecule has 1 saturated heterocycles. The molecule has 0 spiro atoms. The van der Waals surface area contributed by atoms with Gasteiger partial charge >= 0.3 is 0 Å². The topological polar surface area (TPSA) is 47.3 Å². The first-order valence-electron chi connectivity index (χ1n) is 5.17. The second-order valence-electron chi connectivity index (χ2n) is 3.99. The average molecular weight is 202 g/mol. The summed E-state index contributed by atoms with van der Waals surface area (Å²) in [6.07, 6.45) is 0.708. The van der Waals surface area contributed by atoms with Crippen LogP contribution in [0.3, 0.4) is 0 Å². The summed E-state index contributed by atoms with van der Waals surface area (Å²) in [5.74, 6) is 0. The molecule has 3 heteroatoms. The van der Waals surface area contributed by atoms with Crippen molar-refractivity contribution in [2.75, 3.05) is 13.1 Å². The molecule has 3 nitrogen and oxygen atoms in total. The maximum Gasteiger partial charge on any atom is 0.0991 e. The smallest absolute Gasteiger partial charge is 0.0991 e. The summed E-state index contributed by atoms with van der Waals surface area (Å²) in [5, 5.41) is 18.0. The Morgan fingerprint density at radius 3 is 2.67 bits per heavy atom. The van der Waals surface area contributed by atoms with Crippen molar-refractivity contribution in [2.45, 2.75) is 19.1 Å². The largest absolute Gasteiger partial charge is 0.392 e. The van der Waals surface area contributed by atoms with E-state index in [-0.39, 0.29) is 6.10 Å². The summed E-state index contributed by atoms with van der Waals surface area (Å²) >= 11 is 0. The number of nitrogens with zero attached hydrogens (tertiary/aromatic N) is 2. The fourth-order valence-electron chi connectivity index (χ4n) is 1.90. The molecule has 0 radical (unpaired) electrons. The van der Waals surface area contributed by atoms with Gasteiger partial charge in [0.1, 0.15) is 0 Å². The van der Waals surface area contributed by atoms with Crippen LogP contribution in [-0.4, -0.2) is 29.2 Å². The number of aliphatic hydroxyl groups excluding tert-OH is 1. The number of aliphatic hydroxyl groups is 1. The quantitative estimate of drug-likeness (QED) is 0.782. The zero-order chi connectivity index (χ0) is 10.7. The number of β-amino-alcohol motifs (C(OH)–C–C–N with tert-alkyl or cyclic N) is 1. The molecule has 1 aromatic carbocycles. The van der Waals surface area contributed by atoms with Crippen LogP contribution >= 0.6 is 0 Å². The molecule has 15 heavy (non-hydrogen) atoms. The molecule has 0 saturated carbocycles. The van der Waals surface area contributed by atoms with E-state index in [9.17, 15) is 5.11 Å². The first-order chi connectivity index (χ1) is 7.28. The van der Waals surface area contributed by atoms with Gasteiger partial charge in [0.15, 0.2) is 0 Å². The monoisotopic (exact) mass is 202 g/mol. The molecule has 2 rings (SSSR count). The van der Waals surface area contributed by atoms with Gasteiger partial charge in [0.2, 0.25) is 0 Å². The molecule has 1 aliphatic rings. The van der Waals surface area contributed by atoms with E-state index < -0.39 is 0 Å². The number of nitriles is 1. The van der Waals surface area contributed by atoms with Crippen LogP contribution in [0.25, 0.3) is 0 Å². The molecule has 1 aliphatic heterocycles. The summed E-state index contributed by atoms with van der Waals surface area (Å²) in [7, 11) is 0. The van der Waals surface area contributed by atoms with E-state index in [1.807, 2.05) is 24.3 Å². The van der Waals surface area contributed by atoms with Crippen LogP contribution in [0.15, 0.2) is 24.3 Å². The minimum absolute atomic E-state index is 0.164. The van der Waals surface area contributed by atoms with Crippen LogP contribution in [0.2, 0.25) is 0 Å². The number of rotatable bonds is 2. The molecule has 0 aromatic heterocycles. The van der Waals surface area contributed by atoms with Gasteiger partial charge in [-0.25, -0.2) is 0 Å². The van der Waals surface area contributed by atoms with Crippen molar-refractivity contribution in [3.63, 3.8) is 0 Å². The number of hydrogen-bond acceptors (Lipinski definition) is 3. The molecule has 1 unspecified atom stereocenters. The Hall–Kier alpha value is -1.37. The summed E-state index contributed by atoms with van der Waals surface area (Å²) in [4.78, 5) is 2.23. The van der Waals surface area contributed by atoms with Crippen molar-refractivity contribution < 1.29 is 5.11 Å². The van der Waals surface area contributed by atoms with E-state index in [1.54, 1.807) is 0 Å². The third-order valence-corrected chi connectivity index (χ3v) is 2.74. The summed E-state index contributed by atoms with van der Waals surface area (Å²) < 4.78 is 0. The third kappa shape index (κ3) is 2.56. The second-order valence-corrected chi connectivity index (χ2v) is 3.99. The number of hydrogen-bond donors (Lipinski definition) is 1. The van der Waals surface area contributed by atoms with Crippen LogP contribution in [0.5, 0.6) is 0 Å². The minimum Gasteiger partial charge on any atom is -0.392 e. The van der Waals surface area contributed by atoms with Crippen molar-refractivity contribution in [3.8, 4) is 6.07 Å². The average Bonchev–Trinajstić information content (AvgIpc) is 2.65. The molecule has 1 atom stereocenters. The minimum atomic E-state index is -0.164. The molecule has 0 bridgehead atoms. The maximum atomic E-state index is 9.38. The van der Waals surface area contributed by atoms with E-state index in [1.165, 1.54) is 5.56 Å². The molecule has 0 aliphatic carbocycles. The van der Waals surface area contributed by atoms with Gasteiger partial charge in [-0.15, -0.1) is 0 Å². The molecular weight excluding hydrogens is 188 g/mol. The lowest BCUT2D eigenvalue weighted by molar-refractivity contribution is 0.175. The maximum absolute atomic E-state index is 9.38. The SMILES string of the molecule is N#Cc1ccc(CN2CCC(O)C2)cc1. The molecular formula is C12H14N2O. The molecule has 1 N–H and O–H groups in total. The van der Waals surface area contributed by atoms with Crippen molar-refractivity contribution in [1.29, 1.82) is 5.26 Å². The molecule has 1 aromatic rings. The standard InChI is InChI=1S/C12H14N2O/c13-7-10-1-3-11(4-2-10)8-14-6-5-12(15)9-14/h1-4,12,15H,5-6,8-9H2. The summed E-state index contributed by atoms with van der Waals surface area (Å²) in [5.41, 5.74) is 1.89.